The van der Waals surface area contributed by atoms with E-state index in [1.165, 1.54) is 0 Å². The van der Waals surface area contributed by atoms with Crippen molar-refractivity contribution in [1.82, 2.24) is 10.2 Å². The third-order valence-electron chi connectivity index (χ3n) is 3.83. The summed E-state index contributed by atoms with van der Waals surface area (Å²) < 4.78 is 0. The highest BCUT2D eigenvalue weighted by Crippen LogP contribution is 2.34. The largest absolute Gasteiger partial charge is 0.481 e. The minimum absolute atomic E-state index is 0.00632. The maximum atomic E-state index is 11.8. The summed E-state index contributed by atoms with van der Waals surface area (Å²) >= 11 is 0. The number of hydrogen-bond acceptors (Lipinski definition) is 3. The van der Waals surface area contributed by atoms with Crippen molar-refractivity contribution in [2.24, 2.45) is 5.41 Å². The number of nitrogens with zero attached hydrogens (tertiary/aromatic N) is 1. The summed E-state index contributed by atoms with van der Waals surface area (Å²) in [4.78, 5) is 25.2. The smallest absolute Gasteiger partial charge is 0.309 e. The average Bonchev–Trinajstić information content (AvgIpc) is 2.27. The lowest BCUT2D eigenvalue weighted by atomic mass is 9.76. The van der Waals surface area contributed by atoms with Gasteiger partial charge in [0.15, 0.2) is 0 Å². The Morgan fingerprint density at radius 1 is 1.26 bits per heavy atom. The molecular weight excluding hydrogens is 244 g/mol. The maximum absolute atomic E-state index is 11.8. The lowest BCUT2D eigenvalue weighted by Crippen LogP contribution is -2.50. The van der Waals surface area contributed by atoms with Gasteiger partial charge >= 0.3 is 5.97 Å². The summed E-state index contributed by atoms with van der Waals surface area (Å²) in [5.41, 5.74) is -0.807. The van der Waals surface area contributed by atoms with Crippen LogP contribution in [0.25, 0.3) is 0 Å². The molecule has 1 heterocycles. The van der Waals surface area contributed by atoms with E-state index in [1.54, 1.807) is 0 Å². The molecule has 5 nitrogen and oxygen atoms in total. The van der Waals surface area contributed by atoms with Gasteiger partial charge in [-0.05, 0) is 53.1 Å². The summed E-state index contributed by atoms with van der Waals surface area (Å²) in [5.74, 6) is -0.694. The minimum Gasteiger partial charge on any atom is -0.481 e. The number of nitrogens with one attached hydrogen (secondary N) is 1. The molecule has 0 aromatic rings. The van der Waals surface area contributed by atoms with E-state index in [1.807, 2.05) is 32.6 Å². The zero-order valence-corrected chi connectivity index (χ0v) is 12.5. The van der Waals surface area contributed by atoms with Crippen molar-refractivity contribution >= 4 is 11.9 Å². The number of aliphatic carboxylic acids is 1. The first-order valence-electron chi connectivity index (χ1n) is 6.95. The van der Waals surface area contributed by atoms with Crippen molar-refractivity contribution in [3.63, 3.8) is 0 Å². The van der Waals surface area contributed by atoms with Crippen molar-refractivity contribution in [1.29, 1.82) is 0 Å². The van der Waals surface area contributed by atoms with E-state index in [4.69, 9.17) is 0 Å². The molecule has 5 heteroatoms. The molecule has 0 radical (unpaired) electrons. The van der Waals surface area contributed by atoms with Crippen LogP contribution in [0, 0.1) is 5.41 Å². The molecule has 1 aliphatic rings. The third kappa shape index (κ3) is 4.49. The van der Waals surface area contributed by atoms with E-state index >= 15 is 0 Å². The van der Waals surface area contributed by atoms with Gasteiger partial charge in [-0.15, -0.1) is 0 Å². The molecule has 0 spiro atoms. The SMILES string of the molecule is CCC1(C(=O)O)CCN(CC(=O)NC(C)(C)C)CC1. The lowest BCUT2D eigenvalue weighted by molar-refractivity contribution is -0.152. The number of piperidine rings is 1. The monoisotopic (exact) mass is 270 g/mol. The van der Waals surface area contributed by atoms with E-state index in [9.17, 15) is 14.7 Å². The van der Waals surface area contributed by atoms with Crippen molar-refractivity contribution in [3.05, 3.63) is 0 Å². The second kappa shape index (κ2) is 5.90. The maximum Gasteiger partial charge on any atom is 0.309 e. The molecule has 1 aliphatic heterocycles. The van der Waals surface area contributed by atoms with E-state index < -0.39 is 11.4 Å². The number of hydrogen-bond donors (Lipinski definition) is 2. The van der Waals surface area contributed by atoms with Crippen LogP contribution in [-0.4, -0.2) is 47.1 Å². The molecule has 19 heavy (non-hydrogen) atoms. The van der Waals surface area contributed by atoms with Crippen LogP contribution in [0.2, 0.25) is 0 Å². The number of rotatable bonds is 4. The van der Waals surface area contributed by atoms with Crippen LogP contribution in [0.15, 0.2) is 0 Å². The molecule has 0 bridgehead atoms. The Labute approximate surface area is 115 Å². The van der Waals surface area contributed by atoms with Gasteiger partial charge in [-0.3, -0.25) is 14.5 Å². The molecular formula is C14H26N2O3. The molecule has 0 atom stereocenters. The Bertz CT molecular complexity index is 339. The molecule has 0 aromatic carbocycles. The summed E-state index contributed by atoms with van der Waals surface area (Å²) in [6.07, 6.45) is 1.91. The molecule has 110 valence electrons. The molecule has 1 fully saturated rings. The molecule has 0 aromatic heterocycles. The third-order valence-corrected chi connectivity index (χ3v) is 3.83. The van der Waals surface area contributed by atoms with Crippen LogP contribution >= 0.6 is 0 Å². The lowest BCUT2D eigenvalue weighted by Gasteiger charge is -2.38. The second-order valence-electron chi connectivity index (χ2n) is 6.51. The van der Waals surface area contributed by atoms with Crippen molar-refractivity contribution in [2.75, 3.05) is 19.6 Å². The molecule has 0 unspecified atom stereocenters. The Balaban J connectivity index is 2.46. The molecule has 0 saturated carbocycles. The first-order chi connectivity index (χ1) is 8.68. The molecule has 1 rings (SSSR count). The number of carbonyl (C=O) groups is 2. The number of likely N-dealkylation sites (tertiary alicyclic amines) is 1. The topological polar surface area (TPSA) is 69.6 Å². The van der Waals surface area contributed by atoms with Gasteiger partial charge in [-0.2, -0.15) is 0 Å². The van der Waals surface area contributed by atoms with Gasteiger partial charge in [-0.1, -0.05) is 6.92 Å². The Hall–Kier alpha value is -1.10. The first kappa shape index (κ1) is 16.0. The van der Waals surface area contributed by atoms with Gasteiger partial charge in [-0.25, -0.2) is 0 Å². The first-order valence-corrected chi connectivity index (χ1v) is 6.95. The van der Waals surface area contributed by atoms with Crippen LogP contribution in [-0.2, 0) is 9.59 Å². The quantitative estimate of drug-likeness (QED) is 0.812. The van der Waals surface area contributed by atoms with Gasteiger partial charge in [0, 0.05) is 5.54 Å². The predicted octanol–water partition coefficient (Wildman–Crippen LogP) is 1.48. The average molecular weight is 270 g/mol. The van der Waals surface area contributed by atoms with Gasteiger partial charge in [0.05, 0.1) is 12.0 Å². The van der Waals surface area contributed by atoms with Crippen molar-refractivity contribution in [2.45, 2.75) is 52.5 Å². The summed E-state index contributed by atoms with van der Waals surface area (Å²) in [6, 6.07) is 0. The van der Waals surface area contributed by atoms with Crippen LogP contribution in [0.3, 0.4) is 0 Å². The van der Waals surface area contributed by atoms with E-state index in [2.05, 4.69) is 5.32 Å². The fourth-order valence-electron chi connectivity index (χ4n) is 2.52. The predicted molar refractivity (Wildman–Crippen MR) is 73.9 cm³/mol. The molecule has 1 amide bonds. The standard InChI is InChI=1S/C14H26N2O3/c1-5-14(12(18)19)6-8-16(9-7-14)10-11(17)15-13(2,3)4/h5-10H2,1-4H3,(H,15,17)(H,18,19). The summed E-state index contributed by atoms with van der Waals surface area (Å²) in [5, 5.41) is 12.2. The van der Waals surface area contributed by atoms with E-state index in [0.29, 0.717) is 38.9 Å². The van der Waals surface area contributed by atoms with Gasteiger partial charge in [0.25, 0.3) is 0 Å². The summed E-state index contributed by atoms with van der Waals surface area (Å²) in [6.45, 7) is 9.50. The van der Waals surface area contributed by atoms with Crippen LogP contribution < -0.4 is 5.32 Å². The highest BCUT2D eigenvalue weighted by Gasteiger charge is 2.40. The number of carbonyl (C=O) groups excluding carboxylic acids is 1. The van der Waals surface area contributed by atoms with Crippen molar-refractivity contribution in [3.8, 4) is 0 Å². The van der Waals surface area contributed by atoms with Crippen LogP contribution in [0.5, 0.6) is 0 Å². The normalized spacial score (nSPS) is 20.0. The molecule has 2 N–H and O–H groups in total. The molecule has 1 saturated heterocycles. The van der Waals surface area contributed by atoms with Crippen molar-refractivity contribution < 1.29 is 14.7 Å². The van der Waals surface area contributed by atoms with E-state index in [0.717, 1.165) is 0 Å². The Morgan fingerprint density at radius 2 is 1.79 bits per heavy atom. The Kier molecular flexibility index (Phi) is 4.96. The highest BCUT2D eigenvalue weighted by atomic mass is 16.4. The fourth-order valence-corrected chi connectivity index (χ4v) is 2.52. The summed E-state index contributed by atoms with van der Waals surface area (Å²) in [7, 11) is 0. The molecule has 0 aliphatic carbocycles. The zero-order valence-electron chi connectivity index (χ0n) is 12.5. The number of amides is 1. The van der Waals surface area contributed by atoms with Crippen LogP contribution in [0.1, 0.15) is 47.0 Å². The number of carboxylic acids is 1. The number of carboxylic acid groups (broad SMARTS) is 1. The van der Waals surface area contributed by atoms with E-state index in [-0.39, 0.29) is 11.4 Å². The van der Waals surface area contributed by atoms with Gasteiger partial charge in [0.2, 0.25) is 5.91 Å². The zero-order chi connectivity index (χ0) is 14.7. The van der Waals surface area contributed by atoms with Crippen LogP contribution in [0.4, 0.5) is 0 Å². The Morgan fingerprint density at radius 3 is 2.16 bits per heavy atom. The minimum atomic E-state index is -0.700. The van der Waals surface area contributed by atoms with Gasteiger partial charge < -0.3 is 10.4 Å². The van der Waals surface area contributed by atoms with Gasteiger partial charge in [0.1, 0.15) is 0 Å². The highest BCUT2D eigenvalue weighted by molar-refractivity contribution is 5.79. The fraction of sp³-hybridized carbons (Fsp3) is 0.857. The second-order valence-corrected chi connectivity index (χ2v) is 6.51.